The van der Waals surface area contributed by atoms with Crippen LogP contribution < -0.4 is 5.32 Å². The Morgan fingerprint density at radius 3 is 1.85 bits per heavy atom. The minimum atomic E-state index is -0.227. The Hall–Kier alpha value is -2.34. The number of pyridine rings is 2. The third-order valence-corrected chi connectivity index (χ3v) is 14.0. The van der Waals surface area contributed by atoms with E-state index in [1.54, 1.807) is 10.5 Å². The number of aromatic nitrogens is 2. The highest BCUT2D eigenvalue weighted by molar-refractivity contribution is 9.11. The number of aryl methyl sites for hydroxylation is 3. The monoisotopic (exact) mass is 984 g/mol. The van der Waals surface area contributed by atoms with Gasteiger partial charge in [0, 0.05) is 54.5 Å². The van der Waals surface area contributed by atoms with Gasteiger partial charge in [0.05, 0.1) is 23.0 Å². The Morgan fingerprint density at radius 2 is 1.28 bits per heavy atom. The zero-order chi connectivity index (χ0) is 37.2. The van der Waals surface area contributed by atoms with E-state index in [1.165, 1.54) is 65.8 Å². The summed E-state index contributed by atoms with van der Waals surface area (Å²) in [6, 6.07) is 13.0. The molecule has 0 atom stereocenters. The zero-order valence-corrected chi connectivity index (χ0v) is 37.0. The topological polar surface area (TPSA) is 67.3 Å². The Balaban J connectivity index is 0.000000167. The molecule has 53 heavy (non-hydrogen) atoms. The molecule has 0 saturated carbocycles. The smallest absolute Gasteiger partial charge is 0.409 e. The molecule has 1 amide bonds. The SMILES string of the molecule is CCOC(=O)N1CCC(=C2c3ccc(Cl)c(Br)c3CCc3cc(Br)cnc32)CC1.Cc1ccc2c(c1Br)CCc1cc(Br)cnc1C2=C1CCNCC1. The van der Waals surface area contributed by atoms with Gasteiger partial charge < -0.3 is 15.0 Å². The number of nitrogens with one attached hydrogen (secondary N) is 1. The van der Waals surface area contributed by atoms with Crippen molar-refractivity contribution in [3.63, 3.8) is 0 Å². The van der Waals surface area contributed by atoms with Gasteiger partial charge in [-0.15, -0.1) is 0 Å². The number of carbonyl (C=O) groups is 1. The van der Waals surface area contributed by atoms with Gasteiger partial charge in [-0.3, -0.25) is 9.97 Å². The fourth-order valence-corrected chi connectivity index (χ4v) is 10.00. The lowest BCUT2D eigenvalue weighted by molar-refractivity contribution is 0.104. The second kappa shape index (κ2) is 17.2. The van der Waals surface area contributed by atoms with Crippen LogP contribution in [0.4, 0.5) is 4.79 Å². The molecule has 0 radical (unpaired) electrons. The van der Waals surface area contributed by atoms with Crippen molar-refractivity contribution in [3.05, 3.63) is 133 Å². The second-order valence-electron chi connectivity index (χ2n) is 13.8. The molecule has 4 aliphatic rings. The first kappa shape index (κ1) is 38.9. The Bertz CT molecular complexity index is 2130. The number of nitrogens with zero attached hydrogens (tertiary/aromatic N) is 3. The van der Waals surface area contributed by atoms with E-state index in [-0.39, 0.29) is 6.09 Å². The van der Waals surface area contributed by atoms with E-state index < -0.39 is 0 Å². The van der Waals surface area contributed by atoms with Gasteiger partial charge in [-0.25, -0.2) is 4.79 Å². The first-order valence-corrected chi connectivity index (χ1v) is 21.8. The minimum Gasteiger partial charge on any atom is -0.450 e. The maximum atomic E-state index is 12.1. The van der Waals surface area contributed by atoms with Crippen LogP contribution in [-0.4, -0.2) is 53.7 Å². The van der Waals surface area contributed by atoms with Crippen LogP contribution in [0.15, 0.2) is 77.8 Å². The highest BCUT2D eigenvalue weighted by atomic mass is 79.9. The van der Waals surface area contributed by atoms with Crippen molar-refractivity contribution < 1.29 is 9.53 Å². The van der Waals surface area contributed by atoms with Gasteiger partial charge >= 0.3 is 6.09 Å². The second-order valence-corrected chi connectivity index (χ2v) is 17.7. The van der Waals surface area contributed by atoms with Crippen molar-refractivity contribution in [1.82, 2.24) is 20.2 Å². The molecule has 4 aromatic rings. The molecule has 2 aromatic heterocycles. The number of halogens is 5. The Labute approximate surface area is 350 Å². The van der Waals surface area contributed by atoms with Crippen LogP contribution in [0.3, 0.4) is 0 Å². The van der Waals surface area contributed by atoms with Gasteiger partial charge in [0.25, 0.3) is 0 Å². The van der Waals surface area contributed by atoms with Crippen LogP contribution in [-0.2, 0) is 30.4 Å². The molecule has 4 heterocycles. The standard InChI is InChI=1S/C22H21Br2ClN2O2.C20H20Br2N2/c1-2-29-22(28)27-9-7-13(8-10-27)19-16-5-6-18(25)20(24)17(16)4-3-14-11-15(23)12-26-21(14)19;1-12-2-4-16-17(19(12)22)5-3-14-10-15(21)11-24-20(14)18(16)13-6-8-23-9-7-13/h5-6,11-12H,2-4,7-10H2,1H3;2,4,10-11,23H,3,5-9H2,1H3. The molecular weight excluding hydrogens is 948 g/mol. The Kier molecular flexibility index (Phi) is 12.6. The third-order valence-electron chi connectivity index (χ3n) is 10.6. The lowest BCUT2D eigenvalue weighted by Gasteiger charge is -2.29. The molecule has 11 heteroatoms. The predicted molar refractivity (Wildman–Crippen MR) is 229 cm³/mol. The summed E-state index contributed by atoms with van der Waals surface area (Å²) in [5, 5.41) is 4.20. The molecule has 0 bridgehead atoms. The van der Waals surface area contributed by atoms with Gasteiger partial charge in [-0.05, 0) is 183 Å². The molecule has 0 spiro atoms. The average molecular weight is 989 g/mol. The van der Waals surface area contributed by atoms with E-state index in [0.29, 0.717) is 19.7 Å². The van der Waals surface area contributed by atoms with Crippen LogP contribution in [0, 0.1) is 6.92 Å². The summed E-state index contributed by atoms with van der Waals surface area (Å²) in [5.74, 6) is 0. The predicted octanol–water partition coefficient (Wildman–Crippen LogP) is 11.6. The number of amides is 1. The van der Waals surface area contributed by atoms with Crippen LogP contribution in [0.1, 0.15) is 82.9 Å². The van der Waals surface area contributed by atoms with Crippen LogP contribution >= 0.6 is 75.3 Å². The number of ether oxygens (including phenoxy) is 1. The molecule has 2 aromatic carbocycles. The van der Waals surface area contributed by atoms with E-state index in [1.807, 2.05) is 25.4 Å². The maximum absolute atomic E-state index is 12.1. The number of benzene rings is 2. The van der Waals surface area contributed by atoms with Crippen molar-refractivity contribution in [2.45, 2.75) is 65.2 Å². The molecule has 276 valence electrons. The summed E-state index contributed by atoms with van der Waals surface area (Å²) in [7, 11) is 0. The quantitative estimate of drug-likeness (QED) is 0.206. The number of hydrogen-bond acceptors (Lipinski definition) is 5. The summed E-state index contributed by atoms with van der Waals surface area (Å²) in [6.45, 7) is 7.86. The van der Waals surface area contributed by atoms with Crippen molar-refractivity contribution >= 4 is 92.6 Å². The largest absolute Gasteiger partial charge is 0.450 e. The molecule has 1 N–H and O–H groups in total. The number of rotatable bonds is 1. The van der Waals surface area contributed by atoms with Gasteiger partial charge in [0.1, 0.15) is 0 Å². The van der Waals surface area contributed by atoms with Crippen molar-refractivity contribution in [2.75, 3.05) is 32.8 Å². The molecule has 0 unspecified atom stereocenters. The lowest BCUT2D eigenvalue weighted by Crippen LogP contribution is -2.37. The van der Waals surface area contributed by atoms with Crippen molar-refractivity contribution in [2.24, 2.45) is 0 Å². The number of piperidine rings is 2. The molecule has 2 aliphatic carbocycles. The number of hydrogen-bond donors (Lipinski definition) is 1. The molecule has 2 fully saturated rings. The van der Waals surface area contributed by atoms with Gasteiger partial charge in [0.15, 0.2) is 0 Å². The number of likely N-dealkylation sites (tertiary alicyclic amines) is 1. The van der Waals surface area contributed by atoms with E-state index >= 15 is 0 Å². The minimum absolute atomic E-state index is 0.227. The number of fused-ring (bicyclic) bond motifs is 4. The summed E-state index contributed by atoms with van der Waals surface area (Å²) < 4.78 is 9.45. The van der Waals surface area contributed by atoms with Gasteiger partial charge in [-0.2, -0.15) is 0 Å². The fourth-order valence-electron chi connectivity index (χ4n) is 7.97. The van der Waals surface area contributed by atoms with Crippen LogP contribution in [0.2, 0.25) is 5.02 Å². The summed E-state index contributed by atoms with van der Waals surface area (Å²) in [4.78, 5) is 23.5. The van der Waals surface area contributed by atoms with E-state index in [0.717, 1.165) is 88.6 Å². The third kappa shape index (κ3) is 8.29. The zero-order valence-electron chi connectivity index (χ0n) is 29.9. The molecule has 8 rings (SSSR count). The Morgan fingerprint density at radius 1 is 0.755 bits per heavy atom. The average Bonchev–Trinajstić information content (AvgIpc) is 3.43. The van der Waals surface area contributed by atoms with Crippen LogP contribution in [0.5, 0.6) is 0 Å². The van der Waals surface area contributed by atoms with E-state index in [9.17, 15) is 4.79 Å². The van der Waals surface area contributed by atoms with Crippen molar-refractivity contribution in [3.8, 4) is 0 Å². The normalized spacial score (nSPS) is 16.7. The van der Waals surface area contributed by atoms with E-state index in [2.05, 4.69) is 106 Å². The highest BCUT2D eigenvalue weighted by Crippen LogP contribution is 2.43. The first-order chi connectivity index (χ1) is 25.6. The van der Waals surface area contributed by atoms with E-state index in [4.69, 9.17) is 26.3 Å². The number of carbonyl (C=O) groups excluding carboxylic acids is 1. The maximum Gasteiger partial charge on any atom is 0.409 e. The summed E-state index contributed by atoms with van der Waals surface area (Å²) in [5.41, 5.74) is 16.8. The molecule has 2 saturated heterocycles. The molecular formula is C42H41Br4ClN4O2. The summed E-state index contributed by atoms with van der Waals surface area (Å²) >= 11 is 21.1. The fraction of sp³-hybridized carbons (Fsp3) is 0.357. The van der Waals surface area contributed by atoms with Gasteiger partial charge in [0.2, 0.25) is 0 Å². The summed E-state index contributed by atoms with van der Waals surface area (Å²) in [6.07, 6.45) is 11.3. The van der Waals surface area contributed by atoms with Crippen molar-refractivity contribution in [1.29, 1.82) is 0 Å². The highest BCUT2D eigenvalue weighted by Gasteiger charge is 2.29. The van der Waals surface area contributed by atoms with Gasteiger partial charge in [-0.1, -0.05) is 56.9 Å². The molecule has 2 aliphatic heterocycles. The van der Waals surface area contributed by atoms with Crippen LogP contribution in [0.25, 0.3) is 11.1 Å². The molecule has 6 nitrogen and oxygen atoms in total. The lowest BCUT2D eigenvalue weighted by atomic mass is 9.88. The first-order valence-electron chi connectivity index (χ1n) is 18.3.